The van der Waals surface area contributed by atoms with Crippen LogP contribution >= 0.6 is 0 Å². The highest BCUT2D eigenvalue weighted by Crippen LogP contribution is 2.22. The number of benzene rings is 1. The third kappa shape index (κ3) is 3.55. The third-order valence-corrected chi connectivity index (χ3v) is 3.69. The largest absolute Gasteiger partial charge is 0.393 e. The summed E-state index contributed by atoms with van der Waals surface area (Å²) in [6, 6.07) is 10.6. The first kappa shape index (κ1) is 12.6. The highest BCUT2D eigenvalue weighted by molar-refractivity contribution is 5.14. The van der Waals surface area contributed by atoms with Crippen molar-refractivity contribution >= 4 is 0 Å². The summed E-state index contributed by atoms with van der Waals surface area (Å²) in [6.07, 6.45) is 3.16. The number of aliphatic hydroxyl groups is 1. The molecule has 2 heteroatoms. The van der Waals surface area contributed by atoms with Crippen LogP contribution in [0.2, 0.25) is 0 Å². The first-order chi connectivity index (χ1) is 8.29. The molecule has 1 aromatic rings. The van der Waals surface area contributed by atoms with Gasteiger partial charge in [0, 0.05) is 19.6 Å². The van der Waals surface area contributed by atoms with Gasteiger partial charge in [-0.15, -0.1) is 0 Å². The number of hydrogen-bond donors (Lipinski definition) is 1. The lowest BCUT2D eigenvalue weighted by Gasteiger charge is -2.36. The summed E-state index contributed by atoms with van der Waals surface area (Å²) < 4.78 is 0. The van der Waals surface area contributed by atoms with Crippen LogP contribution in [0.3, 0.4) is 0 Å². The molecule has 1 N–H and O–H groups in total. The molecule has 1 aliphatic rings. The Morgan fingerprint density at radius 2 is 2.06 bits per heavy atom. The van der Waals surface area contributed by atoms with Gasteiger partial charge in [0.2, 0.25) is 0 Å². The quantitative estimate of drug-likeness (QED) is 0.864. The van der Waals surface area contributed by atoms with E-state index in [0.29, 0.717) is 5.92 Å². The average Bonchev–Trinajstić information content (AvgIpc) is 2.35. The second-order valence-corrected chi connectivity index (χ2v) is 5.13. The summed E-state index contributed by atoms with van der Waals surface area (Å²) in [5, 5.41) is 9.96. The number of rotatable bonds is 4. The molecule has 0 radical (unpaired) electrons. The van der Waals surface area contributed by atoms with Crippen molar-refractivity contribution in [1.29, 1.82) is 0 Å². The van der Waals surface area contributed by atoms with Crippen LogP contribution in [-0.4, -0.2) is 29.2 Å². The Labute approximate surface area is 104 Å². The Bertz CT molecular complexity index is 325. The second kappa shape index (κ2) is 6.18. The molecule has 0 aromatic heterocycles. The van der Waals surface area contributed by atoms with Gasteiger partial charge < -0.3 is 5.11 Å². The van der Waals surface area contributed by atoms with Crippen LogP contribution in [0.25, 0.3) is 0 Å². The van der Waals surface area contributed by atoms with Crippen molar-refractivity contribution in [2.45, 2.75) is 38.8 Å². The zero-order valence-corrected chi connectivity index (χ0v) is 10.7. The molecule has 1 heterocycles. The van der Waals surface area contributed by atoms with Gasteiger partial charge in [-0.25, -0.2) is 0 Å². The Morgan fingerprint density at radius 3 is 2.76 bits per heavy atom. The standard InChI is InChI=1S/C15H23NO/c1-2-6-14-12-16(10-9-15(14)17)11-13-7-4-3-5-8-13/h3-5,7-8,14-15,17H,2,6,9-12H2,1H3. The normalized spacial score (nSPS) is 26.0. The fourth-order valence-corrected chi connectivity index (χ4v) is 2.73. The van der Waals surface area contributed by atoms with E-state index in [4.69, 9.17) is 0 Å². The summed E-state index contributed by atoms with van der Waals surface area (Å²) in [7, 11) is 0. The van der Waals surface area contributed by atoms with Crippen molar-refractivity contribution in [3.8, 4) is 0 Å². The molecule has 2 rings (SSSR count). The second-order valence-electron chi connectivity index (χ2n) is 5.13. The fraction of sp³-hybridized carbons (Fsp3) is 0.600. The van der Waals surface area contributed by atoms with Crippen LogP contribution in [0.1, 0.15) is 31.7 Å². The maximum Gasteiger partial charge on any atom is 0.0592 e. The van der Waals surface area contributed by atoms with Crippen molar-refractivity contribution in [3.63, 3.8) is 0 Å². The molecular formula is C15H23NO. The van der Waals surface area contributed by atoms with Crippen molar-refractivity contribution in [1.82, 2.24) is 4.90 Å². The van der Waals surface area contributed by atoms with E-state index in [1.54, 1.807) is 0 Å². The molecule has 17 heavy (non-hydrogen) atoms. The lowest BCUT2D eigenvalue weighted by atomic mass is 9.90. The van der Waals surface area contributed by atoms with Gasteiger partial charge in [0.25, 0.3) is 0 Å². The number of aliphatic hydroxyl groups excluding tert-OH is 1. The zero-order chi connectivity index (χ0) is 12.1. The first-order valence-electron chi connectivity index (χ1n) is 6.74. The first-order valence-corrected chi connectivity index (χ1v) is 6.74. The predicted molar refractivity (Wildman–Crippen MR) is 70.7 cm³/mol. The van der Waals surface area contributed by atoms with Crippen molar-refractivity contribution in [2.24, 2.45) is 5.92 Å². The van der Waals surface area contributed by atoms with Crippen LogP contribution < -0.4 is 0 Å². The maximum absolute atomic E-state index is 9.96. The van der Waals surface area contributed by atoms with Crippen LogP contribution in [0.5, 0.6) is 0 Å². The van der Waals surface area contributed by atoms with Gasteiger partial charge in [-0.2, -0.15) is 0 Å². The molecule has 94 valence electrons. The molecule has 0 spiro atoms. The van der Waals surface area contributed by atoms with Gasteiger partial charge in [0.15, 0.2) is 0 Å². The smallest absolute Gasteiger partial charge is 0.0592 e. The number of hydrogen-bond acceptors (Lipinski definition) is 2. The molecule has 1 aromatic carbocycles. The molecule has 0 aliphatic carbocycles. The van der Waals surface area contributed by atoms with E-state index in [9.17, 15) is 5.11 Å². The van der Waals surface area contributed by atoms with Gasteiger partial charge in [-0.05, 0) is 24.3 Å². The lowest BCUT2D eigenvalue weighted by molar-refractivity contribution is 0.0197. The minimum atomic E-state index is -0.0815. The molecule has 0 bridgehead atoms. The topological polar surface area (TPSA) is 23.5 Å². The van der Waals surface area contributed by atoms with Gasteiger partial charge in [0.05, 0.1) is 6.10 Å². The van der Waals surface area contributed by atoms with Crippen molar-refractivity contribution in [3.05, 3.63) is 35.9 Å². The van der Waals surface area contributed by atoms with E-state index < -0.39 is 0 Å². The number of nitrogens with zero attached hydrogens (tertiary/aromatic N) is 1. The lowest BCUT2D eigenvalue weighted by Crippen LogP contribution is -2.42. The molecule has 2 unspecified atom stereocenters. The molecule has 1 aliphatic heterocycles. The predicted octanol–water partition coefficient (Wildman–Crippen LogP) is 2.67. The van der Waals surface area contributed by atoms with E-state index in [2.05, 4.69) is 42.2 Å². The molecule has 1 saturated heterocycles. The van der Waals surface area contributed by atoms with Crippen LogP contribution in [-0.2, 0) is 6.54 Å². The van der Waals surface area contributed by atoms with Crippen LogP contribution in [0, 0.1) is 5.92 Å². The zero-order valence-electron chi connectivity index (χ0n) is 10.7. The summed E-state index contributed by atoms with van der Waals surface area (Å²) in [5.41, 5.74) is 1.37. The average molecular weight is 233 g/mol. The Morgan fingerprint density at radius 1 is 1.29 bits per heavy atom. The van der Waals surface area contributed by atoms with Gasteiger partial charge in [-0.3, -0.25) is 4.90 Å². The Balaban J connectivity index is 1.90. The van der Waals surface area contributed by atoms with Gasteiger partial charge >= 0.3 is 0 Å². The molecule has 1 fully saturated rings. The minimum Gasteiger partial charge on any atom is -0.393 e. The summed E-state index contributed by atoms with van der Waals surface area (Å²) in [5.74, 6) is 0.470. The summed E-state index contributed by atoms with van der Waals surface area (Å²) >= 11 is 0. The maximum atomic E-state index is 9.96. The fourth-order valence-electron chi connectivity index (χ4n) is 2.73. The van der Waals surface area contributed by atoms with Crippen LogP contribution in [0.4, 0.5) is 0 Å². The van der Waals surface area contributed by atoms with Crippen LogP contribution in [0.15, 0.2) is 30.3 Å². The van der Waals surface area contributed by atoms with Crippen molar-refractivity contribution in [2.75, 3.05) is 13.1 Å². The van der Waals surface area contributed by atoms with Crippen molar-refractivity contribution < 1.29 is 5.11 Å². The Kier molecular flexibility index (Phi) is 4.57. The van der Waals surface area contributed by atoms with E-state index >= 15 is 0 Å². The highest BCUT2D eigenvalue weighted by Gasteiger charge is 2.26. The molecular weight excluding hydrogens is 210 g/mol. The highest BCUT2D eigenvalue weighted by atomic mass is 16.3. The molecule has 2 nitrogen and oxygen atoms in total. The molecule has 2 atom stereocenters. The molecule has 0 saturated carbocycles. The minimum absolute atomic E-state index is 0.0815. The van der Waals surface area contributed by atoms with E-state index in [0.717, 1.165) is 32.5 Å². The number of piperidine rings is 1. The Hall–Kier alpha value is -0.860. The summed E-state index contributed by atoms with van der Waals surface area (Å²) in [4.78, 5) is 2.47. The third-order valence-electron chi connectivity index (χ3n) is 3.69. The van der Waals surface area contributed by atoms with E-state index in [1.807, 2.05) is 0 Å². The SMILES string of the molecule is CCCC1CN(Cc2ccccc2)CCC1O. The summed E-state index contributed by atoms with van der Waals surface area (Å²) in [6.45, 7) is 5.29. The monoisotopic (exact) mass is 233 g/mol. The van der Waals surface area contributed by atoms with Gasteiger partial charge in [0.1, 0.15) is 0 Å². The van der Waals surface area contributed by atoms with Gasteiger partial charge in [-0.1, -0.05) is 43.7 Å². The van der Waals surface area contributed by atoms with E-state index in [1.165, 1.54) is 12.0 Å². The van der Waals surface area contributed by atoms with E-state index in [-0.39, 0.29) is 6.10 Å². The number of likely N-dealkylation sites (tertiary alicyclic amines) is 1. The molecule has 0 amide bonds.